The van der Waals surface area contributed by atoms with Crippen LogP contribution in [0.1, 0.15) is 22.3 Å². The average molecular weight is 297 g/mol. The molecule has 0 fully saturated rings. The van der Waals surface area contributed by atoms with Gasteiger partial charge >= 0.3 is 0 Å². The lowest BCUT2D eigenvalue weighted by atomic mass is 9.86. The second-order valence-electron chi connectivity index (χ2n) is 5.18. The van der Waals surface area contributed by atoms with Gasteiger partial charge in [0.25, 0.3) is 0 Å². The lowest BCUT2D eigenvalue weighted by Gasteiger charge is -2.26. The highest BCUT2D eigenvalue weighted by atomic mass is 35.5. The van der Waals surface area contributed by atoms with Crippen LogP contribution in [0.5, 0.6) is 0 Å². The molecule has 0 aliphatic heterocycles. The maximum absolute atomic E-state index is 7.21. The molecule has 4 rings (SSSR count). The predicted octanol–water partition coefficient (Wildman–Crippen LogP) is 5.57. The van der Waals surface area contributed by atoms with Gasteiger partial charge in [0.05, 0.1) is 0 Å². The van der Waals surface area contributed by atoms with Crippen LogP contribution in [-0.2, 0) is 4.87 Å². The van der Waals surface area contributed by atoms with Gasteiger partial charge in [0.15, 0.2) is 0 Å². The maximum Gasteiger partial charge on any atom is 0.122 e. The van der Waals surface area contributed by atoms with E-state index in [2.05, 4.69) is 66.9 Å². The minimum absolute atomic E-state index is 0.544. The SMILES string of the molecule is Cc1ccccc1C1(Cl)c2ccccc2-c2sccc21. The standard InChI is InChI=1S/C18H13ClS/c1-12-6-2-4-8-14(12)18(19)15-9-5-3-7-13(15)17-16(18)10-11-20-17/h2-11H,1H3. The van der Waals surface area contributed by atoms with Crippen molar-refractivity contribution in [2.24, 2.45) is 0 Å². The molecule has 0 saturated carbocycles. The van der Waals surface area contributed by atoms with Crippen LogP contribution >= 0.6 is 22.9 Å². The fourth-order valence-corrected chi connectivity index (χ4v) is 4.75. The summed E-state index contributed by atoms with van der Waals surface area (Å²) in [4.78, 5) is 0.760. The summed E-state index contributed by atoms with van der Waals surface area (Å²) in [6, 6.07) is 19.1. The van der Waals surface area contributed by atoms with Gasteiger partial charge in [0.1, 0.15) is 4.87 Å². The Balaban J connectivity index is 2.10. The summed E-state index contributed by atoms with van der Waals surface area (Å²) in [7, 11) is 0. The molecule has 0 bridgehead atoms. The van der Waals surface area contributed by atoms with Crippen LogP contribution in [0.4, 0.5) is 0 Å². The van der Waals surface area contributed by atoms with Crippen molar-refractivity contribution in [1.29, 1.82) is 0 Å². The van der Waals surface area contributed by atoms with E-state index in [0.29, 0.717) is 0 Å². The van der Waals surface area contributed by atoms with Crippen molar-refractivity contribution in [2.45, 2.75) is 11.8 Å². The number of benzene rings is 2. The topological polar surface area (TPSA) is 0 Å². The molecule has 0 amide bonds. The van der Waals surface area contributed by atoms with E-state index < -0.39 is 4.87 Å². The highest BCUT2D eigenvalue weighted by Gasteiger charge is 2.44. The van der Waals surface area contributed by atoms with Crippen molar-refractivity contribution in [2.75, 3.05) is 0 Å². The van der Waals surface area contributed by atoms with Crippen LogP contribution in [-0.4, -0.2) is 0 Å². The second-order valence-corrected chi connectivity index (χ2v) is 6.67. The number of aryl methyl sites for hydroxylation is 1. The summed E-state index contributed by atoms with van der Waals surface area (Å²) in [6.45, 7) is 2.13. The zero-order chi connectivity index (χ0) is 13.7. The van der Waals surface area contributed by atoms with Crippen molar-refractivity contribution in [3.05, 3.63) is 82.2 Å². The second kappa shape index (κ2) is 4.21. The van der Waals surface area contributed by atoms with Crippen molar-refractivity contribution in [3.8, 4) is 10.4 Å². The van der Waals surface area contributed by atoms with Crippen LogP contribution < -0.4 is 0 Å². The number of hydrogen-bond acceptors (Lipinski definition) is 1. The van der Waals surface area contributed by atoms with E-state index in [0.717, 1.165) is 0 Å². The molecule has 2 heteroatoms. The van der Waals surface area contributed by atoms with Gasteiger partial charge in [0.2, 0.25) is 0 Å². The fourth-order valence-electron chi connectivity index (χ4n) is 3.17. The van der Waals surface area contributed by atoms with E-state index in [4.69, 9.17) is 11.6 Å². The quantitative estimate of drug-likeness (QED) is 0.515. The Morgan fingerprint density at radius 2 is 1.55 bits per heavy atom. The molecule has 1 unspecified atom stereocenters. The van der Waals surface area contributed by atoms with E-state index in [1.165, 1.54) is 32.7 Å². The third kappa shape index (κ3) is 1.42. The van der Waals surface area contributed by atoms with Crippen LogP contribution in [0.3, 0.4) is 0 Å². The molecule has 0 spiro atoms. The van der Waals surface area contributed by atoms with Crippen molar-refractivity contribution < 1.29 is 0 Å². The van der Waals surface area contributed by atoms with E-state index >= 15 is 0 Å². The molecule has 98 valence electrons. The number of fused-ring (bicyclic) bond motifs is 3. The van der Waals surface area contributed by atoms with Crippen LogP contribution in [0.2, 0.25) is 0 Å². The number of alkyl halides is 1. The Morgan fingerprint density at radius 1 is 0.850 bits per heavy atom. The molecule has 0 N–H and O–H groups in total. The number of rotatable bonds is 1. The predicted molar refractivity (Wildman–Crippen MR) is 86.7 cm³/mol. The van der Waals surface area contributed by atoms with Crippen LogP contribution in [0.15, 0.2) is 60.0 Å². The smallest absolute Gasteiger partial charge is 0.122 e. The summed E-state index contributed by atoms with van der Waals surface area (Å²) in [6.07, 6.45) is 0. The Hall–Kier alpha value is -1.57. The molecule has 0 nitrogen and oxygen atoms in total. The van der Waals surface area contributed by atoms with Crippen molar-refractivity contribution >= 4 is 22.9 Å². The van der Waals surface area contributed by atoms with Crippen molar-refractivity contribution in [1.82, 2.24) is 0 Å². The molecule has 20 heavy (non-hydrogen) atoms. The number of halogens is 1. The van der Waals surface area contributed by atoms with Gasteiger partial charge in [-0.2, -0.15) is 0 Å². The molecule has 1 aromatic heterocycles. The fraction of sp³-hybridized carbons (Fsp3) is 0.111. The van der Waals surface area contributed by atoms with E-state index in [9.17, 15) is 0 Å². The first-order chi connectivity index (χ1) is 9.73. The third-order valence-corrected chi connectivity index (χ3v) is 5.65. The van der Waals surface area contributed by atoms with E-state index in [1.807, 2.05) is 0 Å². The van der Waals surface area contributed by atoms with Crippen LogP contribution in [0, 0.1) is 6.92 Å². The Morgan fingerprint density at radius 3 is 2.35 bits per heavy atom. The van der Waals surface area contributed by atoms with E-state index in [1.54, 1.807) is 11.3 Å². The minimum atomic E-state index is -0.544. The Labute approximate surface area is 127 Å². The summed E-state index contributed by atoms with van der Waals surface area (Å²) in [5.74, 6) is 0. The Bertz CT molecular complexity index is 802. The average Bonchev–Trinajstić information content (AvgIpc) is 3.04. The van der Waals surface area contributed by atoms with Gasteiger partial charge in [-0.1, -0.05) is 48.5 Å². The highest BCUT2D eigenvalue weighted by molar-refractivity contribution is 7.14. The van der Waals surface area contributed by atoms with Gasteiger partial charge in [-0.3, -0.25) is 0 Å². The van der Waals surface area contributed by atoms with Crippen LogP contribution in [0.25, 0.3) is 10.4 Å². The molecule has 3 aromatic rings. The number of hydrogen-bond donors (Lipinski definition) is 0. The summed E-state index contributed by atoms with van der Waals surface area (Å²) >= 11 is 8.98. The third-order valence-electron chi connectivity index (χ3n) is 4.10. The molecule has 0 radical (unpaired) electrons. The Kier molecular flexibility index (Phi) is 2.57. The van der Waals surface area contributed by atoms with Gasteiger partial charge in [-0.25, -0.2) is 0 Å². The van der Waals surface area contributed by atoms with Gasteiger partial charge in [-0.15, -0.1) is 22.9 Å². The monoisotopic (exact) mass is 296 g/mol. The molecule has 1 atom stereocenters. The summed E-state index contributed by atoms with van der Waals surface area (Å²) < 4.78 is 0. The largest absolute Gasteiger partial charge is 0.143 e. The lowest BCUT2D eigenvalue weighted by Crippen LogP contribution is -2.20. The normalized spacial score (nSPS) is 19.7. The molecule has 1 heterocycles. The van der Waals surface area contributed by atoms with Gasteiger partial charge in [0, 0.05) is 10.4 Å². The lowest BCUT2D eigenvalue weighted by molar-refractivity contribution is 0.901. The molecule has 1 aliphatic rings. The molecule has 1 aliphatic carbocycles. The van der Waals surface area contributed by atoms with E-state index in [-0.39, 0.29) is 0 Å². The summed E-state index contributed by atoms with van der Waals surface area (Å²) in [5.41, 5.74) is 6.12. The molecular formula is C18H13ClS. The van der Waals surface area contributed by atoms with Gasteiger partial charge in [-0.05, 0) is 40.6 Å². The molecule has 2 aromatic carbocycles. The minimum Gasteiger partial charge on any atom is -0.143 e. The van der Waals surface area contributed by atoms with Crippen molar-refractivity contribution in [3.63, 3.8) is 0 Å². The molecular weight excluding hydrogens is 284 g/mol. The first-order valence-corrected chi connectivity index (χ1v) is 7.91. The highest BCUT2D eigenvalue weighted by Crippen LogP contribution is 2.57. The molecule has 0 saturated heterocycles. The zero-order valence-corrected chi connectivity index (χ0v) is 12.6. The van der Waals surface area contributed by atoms with Gasteiger partial charge < -0.3 is 0 Å². The number of thiophene rings is 1. The first-order valence-electron chi connectivity index (χ1n) is 6.66. The first kappa shape index (κ1) is 12.2. The maximum atomic E-state index is 7.21. The zero-order valence-electron chi connectivity index (χ0n) is 11.1. The summed E-state index contributed by atoms with van der Waals surface area (Å²) in [5, 5.41) is 2.13.